The van der Waals surface area contributed by atoms with Gasteiger partial charge in [0.15, 0.2) is 0 Å². The summed E-state index contributed by atoms with van der Waals surface area (Å²) in [5.41, 5.74) is 3.86. The molecule has 4 nitrogen and oxygen atoms in total. The van der Waals surface area contributed by atoms with Crippen LogP contribution in [0.4, 0.5) is 0 Å². The molecule has 0 bridgehead atoms. The Bertz CT molecular complexity index is 487. The summed E-state index contributed by atoms with van der Waals surface area (Å²) in [6.45, 7) is 0. The maximum absolute atomic E-state index is 10.8. The van der Waals surface area contributed by atoms with Crippen molar-refractivity contribution in [2.45, 2.75) is 76.7 Å². The lowest BCUT2D eigenvalue weighted by atomic mass is 9.92. The van der Waals surface area contributed by atoms with Crippen molar-refractivity contribution < 1.29 is 9.90 Å². The van der Waals surface area contributed by atoms with Crippen molar-refractivity contribution in [3.8, 4) is 0 Å². The van der Waals surface area contributed by atoms with E-state index in [-0.39, 0.29) is 6.42 Å². The topological polar surface area (TPSA) is 55.1 Å². The lowest BCUT2D eigenvalue weighted by Crippen LogP contribution is -2.18. The number of aryl methyl sites for hydroxylation is 1. The SMILES string of the molecule is O=C(O)CCc1nn(C2CCCCC2)c2c1CCCC2. The molecule has 3 rings (SSSR count). The summed E-state index contributed by atoms with van der Waals surface area (Å²) >= 11 is 0. The second kappa shape index (κ2) is 5.98. The summed E-state index contributed by atoms with van der Waals surface area (Å²) in [6.07, 6.45) is 12.0. The third-order valence-electron chi connectivity index (χ3n) is 4.79. The van der Waals surface area contributed by atoms with Gasteiger partial charge in [0, 0.05) is 12.1 Å². The molecule has 4 heteroatoms. The first kappa shape index (κ1) is 13.7. The Morgan fingerprint density at radius 2 is 1.90 bits per heavy atom. The molecule has 1 saturated carbocycles. The Balaban J connectivity index is 1.87. The molecule has 1 aromatic rings. The number of aliphatic carboxylic acids is 1. The highest BCUT2D eigenvalue weighted by molar-refractivity contribution is 5.67. The van der Waals surface area contributed by atoms with E-state index in [9.17, 15) is 4.79 Å². The van der Waals surface area contributed by atoms with Crippen LogP contribution in [0.1, 0.15) is 74.4 Å². The van der Waals surface area contributed by atoms with Crippen LogP contribution in [0.2, 0.25) is 0 Å². The summed E-state index contributed by atoms with van der Waals surface area (Å²) in [5, 5.41) is 13.7. The molecule has 1 N–H and O–H groups in total. The van der Waals surface area contributed by atoms with Gasteiger partial charge in [0.2, 0.25) is 0 Å². The van der Waals surface area contributed by atoms with Gasteiger partial charge in [0.25, 0.3) is 0 Å². The van der Waals surface area contributed by atoms with Gasteiger partial charge in [-0.3, -0.25) is 9.48 Å². The third-order valence-corrected chi connectivity index (χ3v) is 4.79. The highest BCUT2D eigenvalue weighted by Gasteiger charge is 2.25. The predicted molar refractivity (Wildman–Crippen MR) is 76.9 cm³/mol. The summed E-state index contributed by atoms with van der Waals surface area (Å²) in [7, 11) is 0. The van der Waals surface area contributed by atoms with Crippen molar-refractivity contribution in [2.24, 2.45) is 0 Å². The zero-order valence-corrected chi connectivity index (χ0v) is 12.1. The molecule has 0 amide bonds. The van der Waals surface area contributed by atoms with Crippen LogP contribution in [-0.2, 0) is 24.1 Å². The lowest BCUT2D eigenvalue weighted by molar-refractivity contribution is -0.136. The average Bonchev–Trinajstić information content (AvgIpc) is 2.85. The van der Waals surface area contributed by atoms with Crippen LogP contribution in [0.5, 0.6) is 0 Å². The van der Waals surface area contributed by atoms with E-state index in [2.05, 4.69) is 4.68 Å². The Morgan fingerprint density at radius 1 is 1.15 bits per heavy atom. The number of carboxylic acids is 1. The van der Waals surface area contributed by atoms with E-state index in [0.29, 0.717) is 12.5 Å². The largest absolute Gasteiger partial charge is 0.481 e. The van der Waals surface area contributed by atoms with E-state index >= 15 is 0 Å². The van der Waals surface area contributed by atoms with Gasteiger partial charge in [0.05, 0.1) is 18.2 Å². The van der Waals surface area contributed by atoms with Crippen molar-refractivity contribution in [3.05, 3.63) is 17.0 Å². The molecule has 1 fully saturated rings. The molecule has 0 atom stereocenters. The Hall–Kier alpha value is -1.32. The highest BCUT2D eigenvalue weighted by atomic mass is 16.4. The normalized spacial score (nSPS) is 19.8. The lowest BCUT2D eigenvalue weighted by Gasteiger charge is -2.25. The quantitative estimate of drug-likeness (QED) is 0.918. The molecular weight excluding hydrogens is 252 g/mol. The molecule has 20 heavy (non-hydrogen) atoms. The van der Waals surface area contributed by atoms with E-state index in [1.807, 2.05) is 0 Å². The fourth-order valence-electron chi connectivity index (χ4n) is 3.76. The number of hydrogen-bond donors (Lipinski definition) is 1. The predicted octanol–water partition coefficient (Wildman–Crippen LogP) is 3.28. The molecule has 0 saturated heterocycles. The van der Waals surface area contributed by atoms with Crippen LogP contribution in [0.3, 0.4) is 0 Å². The van der Waals surface area contributed by atoms with Gasteiger partial charge < -0.3 is 5.11 Å². The fourth-order valence-corrected chi connectivity index (χ4v) is 3.76. The minimum absolute atomic E-state index is 0.202. The summed E-state index contributed by atoms with van der Waals surface area (Å²) in [4.78, 5) is 10.8. The Labute approximate surface area is 120 Å². The van der Waals surface area contributed by atoms with Crippen LogP contribution < -0.4 is 0 Å². The standard InChI is InChI=1S/C16H24N2O2/c19-16(20)11-10-14-13-8-4-5-9-15(13)18(17-14)12-6-2-1-3-7-12/h12H,1-11H2,(H,19,20). The maximum atomic E-state index is 10.8. The number of nitrogens with zero attached hydrogens (tertiary/aromatic N) is 2. The van der Waals surface area contributed by atoms with Crippen molar-refractivity contribution >= 4 is 5.97 Å². The van der Waals surface area contributed by atoms with Gasteiger partial charge in [-0.25, -0.2) is 0 Å². The highest BCUT2D eigenvalue weighted by Crippen LogP contribution is 2.33. The van der Waals surface area contributed by atoms with E-state index in [1.165, 1.54) is 56.2 Å². The summed E-state index contributed by atoms with van der Waals surface area (Å²) in [5.74, 6) is -0.721. The molecule has 0 unspecified atom stereocenters. The summed E-state index contributed by atoms with van der Waals surface area (Å²) < 4.78 is 2.28. The molecule has 2 aliphatic carbocycles. The minimum atomic E-state index is -0.721. The number of carboxylic acid groups (broad SMARTS) is 1. The zero-order chi connectivity index (χ0) is 13.9. The van der Waals surface area contributed by atoms with Crippen molar-refractivity contribution in [1.29, 1.82) is 0 Å². The second-order valence-corrected chi connectivity index (χ2v) is 6.21. The van der Waals surface area contributed by atoms with E-state index < -0.39 is 5.97 Å². The average molecular weight is 276 g/mol. The fraction of sp³-hybridized carbons (Fsp3) is 0.750. The monoisotopic (exact) mass is 276 g/mol. The van der Waals surface area contributed by atoms with Gasteiger partial charge in [0.1, 0.15) is 0 Å². The number of fused-ring (bicyclic) bond motifs is 1. The van der Waals surface area contributed by atoms with Gasteiger partial charge >= 0.3 is 5.97 Å². The second-order valence-electron chi connectivity index (χ2n) is 6.21. The molecule has 0 radical (unpaired) electrons. The van der Waals surface area contributed by atoms with Gasteiger partial charge in [-0.15, -0.1) is 0 Å². The first-order chi connectivity index (χ1) is 9.75. The molecule has 0 spiro atoms. The molecule has 0 aliphatic heterocycles. The van der Waals surface area contributed by atoms with Crippen LogP contribution in [0.25, 0.3) is 0 Å². The Morgan fingerprint density at radius 3 is 2.65 bits per heavy atom. The van der Waals surface area contributed by atoms with Crippen molar-refractivity contribution in [2.75, 3.05) is 0 Å². The number of rotatable bonds is 4. The molecule has 1 heterocycles. The van der Waals surface area contributed by atoms with E-state index in [1.54, 1.807) is 0 Å². The number of hydrogen-bond acceptors (Lipinski definition) is 2. The smallest absolute Gasteiger partial charge is 0.303 e. The van der Waals surface area contributed by atoms with Crippen LogP contribution in [-0.4, -0.2) is 20.9 Å². The van der Waals surface area contributed by atoms with Crippen LogP contribution >= 0.6 is 0 Å². The van der Waals surface area contributed by atoms with Gasteiger partial charge in [-0.05, 0) is 44.1 Å². The van der Waals surface area contributed by atoms with Crippen LogP contribution in [0.15, 0.2) is 0 Å². The maximum Gasteiger partial charge on any atom is 0.303 e. The summed E-state index contributed by atoms with van der Waals surface area (Å²) in [6, 6.07) is 0.564. The van der Waals surface area contributed by atoms with Gasteiger partial charge in [-0.2, -0.15) is 5.10 Å². The van der Waals surface area contributed by atoms with Crippen LogP contribution in [0, 0.1) is 0 Å². The molecule has 1 aromatic heterocycles. The molecule has 0 aromatic carbocycles. The van der Waals surface area contributed by atoms with Crippen molar-refractivity contribution in [3.63, 3.8) is 0 Å². The Kier molecular flexibility index (Phi) is 4.08. The first-order valence-corrected chi connectivity index (χ1v) is 8.06. The van der Waals surface area contributed by atoms with Gasteiger partial charge in [-0.1, -0.05) is 19.3 Å². The molecule has 2 aliphatic rings. The van der Waals surface area contributed by atoms with E-state index in [0.717, 1.165) is 18.5 Å². The minimum Gasteiger partial charge on any atom is -0.481 e. The molecular formula is C16H24N2O2. The number of aromatic nitrogens is 2. The van der Waals surface area contributed by atoms with E-state index in [4.69, 9.17) is 10.2 Å². The zero-order valence-electron chi connectivity index (χ0n) is 12.1. The molecule has 110 valence electrons. The van der Waals surface area contributed by atoms with Crippen molar-refractivity contribution in [1.82, 2.24) is 9.78 Å². The third kappa shape index (κ3) is 2.74. The number of carbonyl (C=O) groups is 1. The first-order valence-electron chi connectivity index (χ1n) is 8.06.